The van der Waals surface area contributed by atoms with Gasteiger partial charge in [-0.25, -0.2) is 8.42 Å². The molecule has 0 aliphatic rings. The second-order valence-electron chi connectivity index (χ2n) is 16.0. The highest BCUT2D eigenvalue weighted by molar-refractivity contribution is 7.80. The first-order valence-electron chi connectivity index (χ1n) is 22.6. The number of carbonyl (C=O) groups is 2. The van der Waals surface area contributed by atoms with Crippen LogP contribution in [-0.4, -0.2) is 76.7 Å². The molecule has 0 spiro atoms. The molecule has 0 atom stereocenters. The molecule has 0 aromatic carbocycles. The smallest absolute Gasteiger partial charge is 0.219 e. The topological polar surface area (TPSA) is 125 Å². The van der Waals surface area contributed by atoms with Gasteiger partial charge in [-0.1, -0.05) is 141 Å². The monoisotopic (exact) mass is 800 g/mol. The summed E-state index contributed by atoms with van der Waals surface area (Å²) in [6.07, 6.45) is 46.1. The van der Waals surface area contributed by atoms with Crippen LogP contribution in [0.5, 0.6) is 0 Å². The van der Waals surface area contributed by atoms with Crippen molar-refractivity contribution in [2.75, 3.05) is 47.4 Å². The van der Waals surface area contributed by atoms with E-state index in [0.29, 0.717) is 12.8 Å². The van der Waals surface area contributed by atoms with Gasteiger partial charge in [0.05, 0.1) is 34.3 Å². The number of quaternary nitrogens is 1. The van der Waals surface area contributed by atoms with Crippen molar-refractivity contribution in [3.8, 4) is 0 Å². The van der Waals surface area contributed by atoms with E-state index in [2.05, 4.69) is 67.1 Å². The Bertz CT molecular complexity index is 954. The highest BCUT2D eigenvalue weighted by Crippen LogP contribution is 2.12. The van der Waals surface area contributed by atoms with Crippen LogP contribution in [0, 0.1) is 0 Å². The number of allylic oxidation sites excluding steroid dienone is 4. The molecule has 0 aliphatic heterocycles. The van der Waals surface area contributed by atoms with Crippen LogP contribution in [0.3, 0.4) is 0 Å². The number of carbonyl (C=O) groups excluding carboxylic acids is 2. The first-order valence-corrected chi connectivity index (χ1v) is 24.0. The zero-order chi connectivity index (χ0) is 41.1. The van der Waals surface area contributed by atoms with Crippen LogP contribution in [0.1, 0.15) is 206 Å². The maximum absolute atomic E-state index is 12.2. The zero-order valence-electron chi connectivity index (χ0n) is 36.7. The maximum atomic E-state index is 12.2. The Labute approximate surface area is 341 Å². The molecule has 0 bridgehead atoms. The van der Waals surface area contributed by atoms with Gasteiger partial charge in [0.15, 0.2) is 0 Å². The van der Waals surface area contributed by atoms with Gasteiger partial charge in [-0.2, -0.15) is 0 Å². The maximum Gasteiger partial charge on any atom is 0.219 e. The van der Waals surface area contributed by atoms with Gasteiger partial charge >= 0.3 is 0 Å². The minimum Gasteiger partial charge on any atom is -0.726 e. The minimum absolute atomic E-state index is 0.205. The fourth-order valence-corrected chi connectivity index (χ4v) is 6.47. The van der Waals surface area contributed by atoms with Crippen LogP contribution in [0.15, 0.2) is 24.3 Å². The number of nitrogens with one attached hydrogen (secondary N) is 2. The Hall–Kier alpha value is -1.75. The Balaban J connectivity index is 0. The van der Waals surface area contributed by atoms with Crippen LogP contribution in [-0.2, 0) is 24.2 Å². The second-order valence-corrected chi connectivity index (χ2v) is 17.2. The molecule has 9 nitrogen and oxygen atoms in total. The van der Waals surface area contributed by atoms with Crippen molar-refractivity contribution in [3.05, 3.63) is 24.3 Å². The molecule has 0 aromatic heterocycles. The van der Waals surface area contributed by atoms with Gasteiger partial charge in [0, 0.05) is 38.8 Å². The Morgan fingerprint density at radius 2 is 0.782 bits per heavy atom. The van der Waals surface area contributed by atoms with Crippen molar-refractivity contribution in [2.24, 2.45) is 0 Å². The summed E-state index contributed by atoms with van der Waals surface area (Å²) in [6.45, 7) is 8.15. The lowest BCUT2D eigenvalue weighted by molar-refractivity contribution is -0.890. The minimum atomic E-state index is -4.41. The normalized spacial score (nSPS) is 12.0. The molecule has 2 N–H and O–H groups in total. The summed E-state index contributed by atoms with van der Waals surface area (Å²) in [5, 5.41) is 6.25. The number of hydrogen-bond donors (Lipinski definition) is 2. The van der Waals surface area contributed by atoms with Crippen LogP contribution in [0.4, 0.5) is 0 Å². The third kappa shape index (κ3) is 50.2. The number of unbranched alkanes of at least 4 members (excludes halogenated alkanes) is 22. The quantitative estimate of drug-likeness (QED) is 0.0210. The van der Waals surface area contributed by atoms with Crippen LogP contribution in [0.2, 0.25) is 0 Å². The molecule has 2 amide bonds. The molecule has 0 aliphatic carbocycles. The average Bonchev–Trinajstić information content (AvgIpc) is 3.15. The van der Waals surface area contributed by atoms with Crippen molar-refractivity contribution >= 4 is 22.2 Å². The van der Waals surface area contributed by atoms with E-state index < -0.39 is 10.4 Å². The largest absolute Gasteiger partial charge is 0.726 e. The third-order valence-corrected chi connectivity index (χ3v) is 10.5. The van der Waals surface area contributed by atoms with E-state index >= 15 is 0 Å². The Morgan fingerprint density at radius 1 is 0.509 bits per heavy atom. The fourth-order valence-electron chi connectivity index (χ4n) is 6.47. The van der Waals surface area contributed by atoms with Crippen LogP contribution >= 0.6 is 0 Å². The van der Waals surface area contributed by atoms with Gasteiger partial charge in [0.25, 0.3) is 0 Å². The third-order valence-electron chi connectivity index (χ3n) is 10.1. The summed E-state index contributed by atoms with van der Waals surface area (Å²) in [7, 11) is 0.897. The molecular formula is C45H89N3O6S. The lowest BCUT2D eigenvalue weighted by Crippen LogP contribution is -2.43. The van der Waals surface area contributed by atoms with Crippen LogP contribution < -0.4 is 10.6 Å². The van der Waals surface area contributed by atoms with E-state index in [-0.39, 0.29) is 11.8 Å². The van der Waals surface area contributed by atoms with Crippen LogP contribution in [0.25, 0.3) is 0 Å². The second kappa shape index (κ2) is 41.9. The molecule has 0 aromatic rings. The summed E-state index contributed by atoms with van der Waals surface area (Å²) >= 11 is 0. The molecular weight excluding hydrogens is 711 g/mol. The standard InChI is InChI=1S/C44H85N3O2.CH4O4S/c1-5-7-9-11-13-15-17-19-21-23-25-27-29-31-33-37-43(48)45-39-35-41-47(3,4)42-36-40-46-44(49)38-34-32-30-28-26-24-22-20-18-16-14-12-10-8-6-2;1-5-6(2,3)4/h19-22H,5-18,23-42H2,1-4H3,(H-,45,46,48,49);1H3,(H,2,3,4)/b21-19-,22-20?;. The summed E-state index contributed by atoms with van der Waals surface area (Å²) in [6, 6.07) is 0. The molecule has 326 valence electrons. The first kappa shape index (κ1) is 55.3. The molecule has 10 heteroatoms. The van der Waals surface area contributed by atoms with Gasteiger partial charge in [-0.15, -0.1) is 0 Å². The molecule has 0 radical (unpaired) electrons. The SMILES string of the molecule is CCCCCCCCC=CCCCCCCCC(=O)NCCC[N+](C)(C)CCCNC(=O)CCCCCCC/C=C\CCCCCCCC.COS(=O)(=O)[O-]. The van der Waals surface area contributed by atoms with E-state index in [9.17, 15) is 22.6 Å². The summed E-state index contributed by atoms with van der Waals surface area (Å²) < 4.78 is 31.9. The predicted octanol–water partition coefficient (Wildman–Crippen LogP) is 11.2. The number of hydrogen-bond acceptors (Lipinski definition) is 6. The summed E-state index contributed by atoms with van der Waals surface area (Å²) in [5.41, 5.74) is 0. The van der Waals surface area contributed by atoms with Crippen molar-refractivity contribution in [1.82, 2.24) is 10.6 Å². The van der Waals surface area contributed by atoms with E-state index in [1.165, 1.54) is 141 Å². The lowest BCUT2D eigenvalue weighted by Gasteiger charge is -2.30. The summed E-state index contributed by atoms with van der Waals surface area (Å²) in [5.74, 6) is 0.411. The summed E-state index contributed by atoms with van der Waals surface area (Å²) in [4.78, 5) is 24.5. The molecule has 0 unspecified atom stereocenters. The highest BCUT2D eigenvalue weighted by atomic mass is 32.3. The van der Waals surface area contributed by atoms with Crippen molar-refractivity contribution in [1.29, 1.82) is 0 Å². The van der Waals surface area contributed by atoms with Crippen molar-refractivity contribution in [3.63, 3.8) is 0 Å². The van der Waals surface area contributed by atoms with E-state index in [0.717, 1.165) is 76.3 Å². The number of amides is 2. The van der Waals surface area contributed by atoms with Gasteiger partial charge in [0.1, 0.15) is 0 Å². The van der Waals surface area contributed by atoms with Gasteiger partial charge in [-0.3, -0.25) is 13.8 Å². The van der Waals surface area contributed by atoms with Crippen molar-refractivity contribution in [2.45, 2.75) is 206 Å². The Morgan fingerprint density at radius 3 is 1.07 bits per heavy atom. The van der Waals surface area contributed by atoms with E-state index in [4.69, 9.17) is 0 Å². The number of rotatable bonds is 39. The molecule has 0 saturated heterocycles. The number of nitrogens with zero attached hydrogens (tertiary/aromatic N) is 1. The average molecular weight is 800 g/mol. The van der Waals surface area contributed by atoms with Gasteiger partial charge in [-0.05, 0) is 64.2 Å². The molecule has 0 saturated carbocycles. The molecule has 55 heavy (non-hydrogen) atoms. The molecule has 0 fully saturated rings. The fraction of sp³-hybridized carbons (Fsp3) is 0.867. The lowest BCUT2D eigenvalue weighted by atomic mass is 10.1. The van der Waals surface area contributed by atoms with Gasteiger partial charge < -0.3 is 19.7 Å². The predicted molar refractivity (Wildman–Crippen MR) is 233 cm³/mol. The first-order chi connectivity index (χ1) is 26.5. The highest BCUT2D eigenvalue weighted by Gasteiger charge is 2.14. The molecule has 0 rings (SSSR count). The molecule has 0 heterocycles. The zero-order valence-corrected chi connectivity index (χ0v) is 37.5. The van der Waals surface area contributed by atoms with Gasteiger partial charge in [0.2, 0.25) is 22.2 Å². The van der Waals surface area contributed by atoms with Crippen molar-refractivity contribution < 1.29 is 31.2 Å². The van der Waals surface area contributed by atoms with E-state index in [1.807, 2.05) is 0 Å². The Kier molecular flexibility index (Phi) is 42.1. The van der Waals surface area contributed by atoms with E-state index in [1.54, 1.807) is 0 Å².